The summed E-state index contributed by atoms with van der Waals surface area (Å²) in [5.74, 6) is -1.07. The first-order valence-electron chi connectivity index (χ1n) is 3.65. The Morgan fingerprint density at radius 1 is 1.83 bits per heavy atom. The number of carbonyl (C=O) groups is 1. The molecule has 6 heteroatoms. The van der Waals surface area contributed by atoms with Crippen molar-refractivity contribution in [3.63, 3.8) is 0 Å². The first-order valence-corrected chi connectivity index (χ1v) is 3.65. The molecule has 2 atom stereocenters. The van der Waals surface area contributed by atoms with Gasteiger partial charge in [-0.15, -0.1) is 5.53 Å². The van der Waals surface area contributed by atoms with Crippen LogP contribution in [0.1, 0.15) is 20.3 Å². The van der Waals surface area contributed by atoms with E-state index in [9.17, 15) is 4.79 Å². The van der Waals surface area contributed by atoms with Crippen LogP contribution >= 0.6 is 0 Å². The molecule has 0 rings (SSSR count). The quantitative estimate of drug-likeness (QED) is 0.283. The molecule has 0 saturated heterocycles. The molecular weight excluding hydrogens is 160 g/mol. The number of hydrogen-bond acceptors (Lipinski definition) is 2. The largest absolute Gasteiger partial charge is 0.478 e. The van der Waals surface area contributed by atoms with Gasteiger partial charge in [0.05, 0.1) is 0 Å². The lowest BCUT2D eigenvalue weighted by Crippen LogP contribution is -2.38. The number of carboxylic acids is 1. The van der Waals surface area contributed by atoms with Crippen LogP contribution in [-0.2, 0) is 4.79 Å². The van der Waals surface area contributed by atoms with E-state index in [1.165, 1.54) is 0 Å². The van der Waals surface area contributed by atoms with E-state index in [4.69, 9.17) is 10.6 Å². The summed E-state index contributed by atoms with van der Waals surface area (Å²) in [6, 6.07) is -0.800. The minimum atomic E-state index is -1.00. The number of nitrogens with one attached hydrogen (secondary N) is 1. The zero-order valence-electron chi connectivity index (χ0n) is 7.06. The second-order valence-electron chi connectivity index (χ2n) is 2.52. The van der Waals surface area contributed by atoms with Crippen molar-refractivity contribution in [2.24, 2.45) is 11.1 Å². The monoisotopic (exact) mass is 172 g/mol. The molecule has 0 fully saturated rings. The fourth-order valence-corrected chi connectivity index (χ4v) is 0.750. The summed E-state index contributed by atoms with van der Waals surface area (Å²) in [5, 5.41) is 11.7. The Labute approximate surface area is 70.2 Å². The molecule has 0 radical (unpaired) electrons. The topological polar surface area (TPSA) is 98.1 Å². The van der Waals surface area contributed by atoms with Crippen LogP contribution in [0.2, 0.25) is 0 Å². The highest BCUT2D eigenvalue weighted by Crippen LogP contribution is 2.07. The molecule has 0 aliphatic heterocycles. The molecular formula is C6H12N4O2. The fraction of sp³-hybridized carbons (Fsp3) is 0.833. The van der Waals surface area contributed by atoms with Crippen molar-refractivity contribution in [2.75, 3.05) is 0 Å². The standard InChI is InChI=1S/C6H12N4O2/c1-3-4(2)5(6(11)12)8-10-9-7/h4-5,8H,3H2,1-2H3,(H,11,12)/t4-,5-/m0/s1. The number of azide groups is 1. The van der Waals surface area contributed by atoms with Crippen molar-refractivity contribution in [1.29, 1.82) is 0 Å². The van der Waals surface area contributed by atoms with E-state index in [1.807, 2.05) is 6.92 Å². The molecule has 2 N–H and O–H groups in total. The van der Waals surface area contributed by atoms with Gasteiger partial charge < -0.3 is 5.11 Å². The van der Waals surface area contributed by atoms with Crippen LogP contribution in [0.4, 0.5) is 0 Å². The van der Waals surface area contributed by atoms with Crippen molar-refractivity contribution < 1.29 is 9.90 Å². The third-order valence-electron chi connectivity index (χ3n) is 1.72. The fourth-order valence-electron chi connectivity index (χ4n) is 0.750. The van der Waals surface area contributed by atoms with Crippen LogP contribution in [0.15, 0.2) is 5.22 Å². The lowest BCUT2D eigenvalue weighted by molar-refractivity contribution is -0.140. The second-order valence-corrected chi connectivity index (χ2v) is 2.52. The maximum absolute atomic E-state index is 10.6. The lowest BCUT2D eigenvalue weighted by Gasteiger charge is -2.13. The highest BCUT2D eigenvalue weighted by atomic mass is 16.4. The van der Waals surface area contributed by atoms with E-state index in [0.29, 0.717) is 6.42 Å². The SMILES string of the molecule is CC[C@H](C)[C@H](NN=[N+]=[N-])C(=O)O. The van der Waals surface area contributed by atoms with E-state index in [2.05, 4.69) is 15.6 Å². The summed E-state index contributed by atoms with van der Waals surface area (Å²) in [6.07, 6.45) is 0.713. The maximum Gasteiger partial charge on any atom is 0.349 e. The van der Waals surface area contributed by atoms with Gasteiger partial charge in [0.25, 0.3) is 0 Å². The van der Waals surface area contributed by atoms with Crippen molar-refractivity contribution in [2.45, 2.75) is 26.3 Å². The van der Waals surface area contributed by atoms with E-state index in [-0.39, 0.29) is 5.92 Å². The first kappa shape index (κ1) is 10.6. The van der Waals surface area contributed by atoms with Gasteiger partial charge in [-0.05, 0) is 11.6 Å². The Bertz CT molecular complexity index is 200. The van der Waals surface area contributed by atoms with Gasteiger partial charge in [0.1, 0.15) is 0 Å². The molecule has 0 amide bonds. The molecule has 0 aromatic rings. The molecule has 0 aliphatic carbocycles. The molecule has 0 unspecified atom stereocenters. The Morgan fingerprint density at radius 3 is 2.75 bits per heavy atom. The summed E-state index contributed by atoms with van der Waals surface area (Å²) < 4.78 is 0. The number of nitrogens with zero attached hydrogens (tertiary/aromatic N) is 3. The van der Waals surface area contributed by atoms with Gasteiger partial charge in [0.15, 0.2) is 6.04 Å². The summed E-state index contributed by atoms with van der Waals surface area (Å²) in [6.45, 7) is 3.65. The summed E-state index contributed by atoms with van der Waals surface area (Å²) in [7, 11) is 0. The summed E-state index contributed by atoms with van der Waals surface area (Å²) in [4.78, 5) is 13.0. The lowest BCUT2D eigenvalue weighted by atomic mass is 10.0. The number of carboxylic acid groups (broad SMARTS) is 1. The Kier molecular flexibility index (Phi) is 4.64. The third kappa shape index (κ3) is 3.12. The van der Waals surface area contributed by atoms with Gasteiger partial charge in [-0.3, -0.25) is 0 Å². The molecule has 0 aromatic carbocycles. The zero-order valence-corrected chi connectivity index (χ0v) is 7.06. The van der Waals surface area contributed by atoms with Gasteiger partial charge in [-0.2, -0.15) is 4.91 Å². The molecule has 0 saturated carbocycles. The number of aliphatic carboxylic acids is 1. The molecule has 0 bridgehead atoms. The van der Waals surface area contributed by atoms with Crippen molar-refractivity contribution >= 4 is 5.97 Å². The zero-order chi connectivity index (χ0) is 9.56. The van der Waals surface area contributed by atoms with E-state index < -0.39 is 12.0 Å². The normalized spacial score (nSPS) is 14.2. The van der Waals surface area contributed by atoms with E-state index in [1.54, 1.807) is 6.92 Å². The highest BCUT2D eigenvalue weighted by Gasteiger charge is 2.25. The van der Waals surface area contributed by atoms with E-state index in [0.717, 1.165) is 0 Å². The average molecular weight is 172 g/mol. The predicted octanol–water partition coefficient (Wildman–Crippen LogP) is 1.30. The molecule has 0 aliphatic rings. The molecule has 12 heavy (non-hydrogen) atoms. The van der Waals surface area contributed by atoms with Crippen molar-refractivity contribution in [3.05, 3.63) is 10.4 Å². The van der Waals surface area contributed by atoms with Gasteiger partial charge in [0.2, 0.25) is 0 Å². The number of hydrogen-bond donors (Lipinski definition) is 2. The minimum absolute atomic E-state index is 0.0620. The van der Waals surface area contributed by atoms with Gasteiger partial charge in [-0.25, -0.2) is 10.2 Å². The summed E-state index contributed by atoms with van der Waals surface area (Å²) >= 11 is 0. The van der Waals surface area contributed by atoms with Crippen LogP contribution in [0.25, 0.3) is 10.4 Å². The van der Waals surface area contributed by atoms with Crippen LogP contribution in [-0.4, -0.2) is 17.1 Å². The van der Waals surface area contributed by atoms with Crippen molar-refractivity contribution in [1.82, 2.24) is 5.43 Å². The molecule has 0 heterocycles. The van der Waals surface area contributed by atoms with Crippen LogP contribution in [0.5, 0.6) is 0 Å². The minimum Gasteiger partial charge on any atom is -0.478 e. The molecule has 68 valence electrons. The van der Waals surface area contributed by atoms with Gasteiger partial charge >= 0.3 is 5.97 Å². The predicted molar refractivity (Wildman–Crippen MR) is 43.2 cm³/mol. The van der Waals surface area contributed by atoms with Crippen LogP contribution in [0, 0.1) is 5.92 Å². The Hall–Kier alpha value is -1.42. The third-order valence-corrected chi connectivity index (χ3v) is 1.72. The van der Waals surface area contributed by atoms with Crippen LogP contribution < -0.4 is 5.43 Å². The average Bonchev–Trinajstić information content (AvgIpc) is 2.04. The smallest absolute Gasteiger partial charge is 0.349 e. The van der Waals surface area contributed by atoms with Gasteiger partial charge in [0, 0.05) is 5.92 Å². The van der Waals surface area contributed by atoms with Crippen LogP contribution in [0.3, 0.4) is 0 Å². The van der Waals surface area contributed by atoms with Crippen molar-refractivity contribution in [3.8, 4) is 0 Å². The first-order chi connectivity index (χ1) is 5.63. The Morgan fingerprint density at radius 2 is 2.42 bits per heavy atom. The molecule has 0 spiro atoms. The Balaban J connectivity index is 4.21. The molecule has 0 aromatic heterocycles. The summed E-state index contributed by atoms with van der Waals surface area (Å²) in [5.41, 5.74) is 10.2. The van der Waals surface area contributed by atoms with Gasteiger partial charge in [-0.1, -0.05) is 13.8 Å². The van der Waals surface area contributed by atoms with E-state index >= 15 is 0 Å². The highest BCUT2D eigenvalue weighted by molar-refractivity contribution is 5.73. The number of rotatable bonds is 5. The maximum atomic E-state index is 10.6. The second kappa shape index (κ2) is 5.26. The molecule has 6 nitrogen and oxygen atoms in total.